The lowest BCUT2D eigenvalue weighted by atomic mass is 10.0. The largest absolute Gasteiger partial charge is 0.354 e. The fraction of sp³-hybridized carbons (Fsp3) is 0. The van der Waals surface area contributed by atoms with E-state index in [-0.39, 0.29) is 0 Å². The van der Waals surface area contributed by atoms with Crippen molar-refractivity contribution in [1.29, 1.82) is 0 Å². The third kappa shape index (κ3) is 4.14. The normalized spacial score (nSPS) is 12.3. The quantitative estimate of drug-likeness (QED) is 0.205. The Kier molecular flexibility index (Phi) is 5.86. The first-order valence-electron chi connectivity index (χ1n) is 17.1. The maximum atomic E-state index is 5.21. The summed E-state index contributed by atoms with van der Waals surface area (Å²) < 4.78 is 2.44. The first-order valence-corrected chi connectivity index (χ1v) is 17.1. The van der Waals surface area contributed by atoms with Crippen LogP contribution in [0.1, 0.15) is 0 Å². The van der Waals surface area contributed by atoms with E-state index in [1.165, 1.54) is 21.5 Å². The number of anilines is 3. The lowest BCUT2D eigenvalue weighted by Gasteiger charge is -2.34. The number of fused-ring (bicyclic) bond motifs is 8. The molecule has 238 valence electrons. The predicted octanol–water partition coefficient (Wildman–Crippen LogP) is 11.4. The van der Waals surface area contributed by atoms with Crippen molar-refractivity contribution in [2.24, 2.45) is 0 Å². The summed E-state index contributed by atoms with van der Waals surface area (Å²) in [4.78, 5) is 21.5. The highest BCUT2D eigenvalue weighted by molar-refractivity contribution is 6.22. The number of hydrogen-bond donors (Lipinski definition) is 1. The first kappa shape index (κ1) is 27.9. The second-order valence-electron chi connectivity index (χ2n) is 13.0. The molecule has 7 aromatic carbocycles. The first-order chi connectivity index (χ1) is 25.3. The molecule has 0 fully saturated rings. The van der Waals surface area contributed by atoms with E-state index >= 15 is 0 Å². The van der Waals surface area contributed by atoms with Gasteiger partial charge in [-0.05, 0) is 48.5 Å². The number of rotatable bonds is 4. The summed E-state index contributed by atoms with van der Waals surface area (Å²) in [5, 5.41) is 4.78. The van der Waals surface area contributed by atoms with Crippen LogP contribution in [0.25, 0.3) is 83.5 Å². The highest BCUT2D eigenvalue weighted by atomic mass is 15.2. The summed E-state index contributed by atoms with van der Waals surface area (Å²) >= 11 is 0. The number of aromatic nitrogens is 5. The van der Waals surface area contributed by atoms with Crippen LogP contribution in [0.2, 0.25) is 0 Å². The van der Waals surface area contributed by atoms with Gasteiger partial charge in [0.05, 0.1) is 28.1 Å². The molecule has 51 heavy (non-hydrogen) atoms. The Morgan fingerprint density at radius 1 is 0.431 bits per heavy atom. The van der Waals surface area contributed by atoms with Gasteiger partial charge in [-0.2, -0.15) is 0 Å². The predicted molar refractivity (Wildman–Crippen MR) is 208 cm³/mol. The van der Waals surface area contributed by atoms with Crippen LogP contribution in [-0.2, 0) is 0 Å². The van der Waals surface area contributed by atoms with Crippen molar-refractivity contribution in [2.45, 2.75) is 0 Å². The average molecular weight is 653 g/mol. The van der Waals surface area contributed by atoms with Gasteiger partial charge in [-0.25, -0.2) is 15.0 Å². The van der Waals surface area contributed by atoms with Gasteiger partial charge < -0.3 is 14.5 Å². The van der Waals surface area contributed by atoms with Gasteiger partial charge in [0, 0.05) is 55.0 Å². The Bertz CT molecular complexity index is 2910. The van der Waals surface area contributed by atoms with Gasteiger partial charge in [0.25, 0.3) is 0 Å². The summed E-state index contributed by atoms with van der Waals surface area (Å²) in [7, 11) is 0. The Labute approximate surface area is 292 Å². The van der Waals surface area contributed by atoms with Gasteiger partial charge in [-0.15, -0.1) is 0 Å². The lowest BCUT2D eigenvalue weighted by molar-refractivity contribution is 1.06. The van der Waals surface area contributed by atoms with Crippen molar-refractivity contribution >= 4 is 60.7 Å². The maximum absolute atomic E-state index is 5.21. The van der Waals surface area contributed by atoms with Crippen molar-refractivity contribution in [1.82, 2.24) is 24.5 Å². The fourth-order valence-electron chi connectivity index (χ4n) is 7.85. The van der Waals surface area contributed by atoms with Crippen LogP contribution in [-0.4, -0.2) is 24.5 Å². The smallest absolute Gasteiger partial charge is 0.166 e. The summed E-state index contributed by atoms with van der Waals surface area (Å²) in [6.45, 7) is 0. The standard InChI is InChI=1S/C45H28N6/c1-4-14-28(15-5-1)43-47-44(29-16-6-2-7-17-29)49-45(48-43)33-22-13-25-39-42(33)51-40-27-34-31-20-10-11-23-36(31)46-37(34)26-35(40)32-21-12-24-38(41(32)51)50(39)30-18-8-3-9-19-30/h1-27,46H. The molecule has 10 aromatic rings. The van der Waals surface area contributed by atoms with Crippen molar-refractivity contribution in [3.05, 3.63) is 164 Å². The molecule has 4 heterocycles. The lowest BCUT2D eigenvalue weighted by Crippen LogP contribution is -2.19. The maximum Gasteiger partial charge on any atom is 0.166 e. The van der Waals surface area contributed by atoms with Crippen LogP contribution in [0.3, 0.4) is 0 Å². The fourth-order valence-corrected chi connectivity index (χ4v) is 7.85. The van der Waals surface area contributed by atoms with E-state index in [1.807, 2.05) is 36.4 Å². The zero-order valence-electron chi connectivity index (χ0n) is 27.3. The van der Waals surface area contributed by atoms with E-state index in [1.54, 1.807) is 0 Å². The summed E-state index contributed by atoms with van der Waals surface area (Å²) in [6.07, 6.45) is 0. The Morgan fingerprint density at radius 3 is 1.78 bits per heavy atom. The van der Waals surface area contributed by atoms with E-state index in [0.29, 0.717) is 17.5 Å². The Balaban J connectivity index is 1.28. The third-order valence-corrected chi connectivity index (χ3v) is 10.1. The molecule has 0 radical (unpaired) electrons. The molecule has 0 saturated heterocycles. The van der Waals surface area contributed by atoms with Crippen LogP contribution < -0.4 is 4.90 Å². The van der Waals surface area contributed by atoms with Gasteiger partial charge in [-0.1, -0.05) is 115 Å². The molecule has 6 heteroatoms. The highest BCUT2D eigenvalue weighted by Gasteiger charge is 2.31. The number of nitrogens with one attached hydrogen (secondary N) is 1. The van der Waals surface area contributed by atoms with Crippen LogP contribution in [0.4, 0.5) is 17.1 Å². The summed E-state index contributed by atoms with van der Waals surface area (Å²) in [5.41, 5.74) is 11.6. The molecule has 0 bridgehead atoms. The number of aromatic amines is 1. The SMILES string of the molecule is c1ccc(-c2nc(-c3ccccc3)nc(-c3cccc4c3-n3c5cc6c(cc5c5cccc(c53)N4c3ccccc3)[nH]c3ccccc36)n2)cc1. The number of benzene rings is 7. The minimum absolute atomic E-state index is 0.620. The third-order valence-electron chi connectivity index (χ3n) is 10.1. The second kappa shape index (κ2) is 10.7. The van der Waals surface area contributed by atoms with E-state index in [9.17, 15) is 0 Å². The minimum Gasteiger partial charge on any atom is -0.354 e. The van der Waals surface area contributed by atoms with E-state index in [4.69, 9.17) is 15.0 Å². The number of hydrogen-bond acceptors (Lipinski definition) is 4. The molecule has 0 saturated carbocycles. The van der Waals surface area contributed by atoms with E-state index in [0.717, 1.165) is 61.5 Å². The van der Waals surface area contributed by atoms with Gasteiger partial charge >= 0.3 is 0 Å². The summed E-state index contributed by atoms with van der Waals surface area (Å²) in [5.74, 6) is 1.89. The van der Waals surface area contributed by atoms with Gasteiger partial charge in [0.2, 0.25) is 0 Å². The van der Waals surface area contributed by atoms with Crippen molar-refractivity contribution in [2.75, 3.05) is 4.90 Å². The molecule has 0 spiro atoms. The van der Waals surface area contributed by atoms with E-state index < -0.39 is 0 Å². The molecule has 3 aromatic heterocycles. The van der Waals surface area contributed by atoms with Gasteiger partial charge in [-0.3, -0.25) is 0 Å². The average Bonchev–Trinajstić information content (AvgIpc) is 3.73. The number of nitrogens with zero attached hydrogens (tertiary/aromatic N) is 5. The van der Waals surface area contributed by atoms with Gasteiger partial charge in [0.1, 0.15) is 0 Å². The van der Waals surface area contributed by atoms with Gasteiger partial charge in [0.15, 0.2) is 17.5 Å². The zero-order valence-corrected chi connectivity index (χ0v) is 27.3. The van der Waals surface area contributed by atoms with E-state index in [2.05, 4.69) is 142 Å². The van der Waals surface area contributed by atoms with Crippen LogP contribution in [0.5, 0.6) is 0 Å². The molecular weight excluding hydrogens is 625 g/mol. The molecule has 6 nitrogen and oxygen atoms in total. The Morgan fingerprint density at radius 2 is 1.04 bits per heavy atom. The molecular formula is C45H28N6. The van der Waals surface area contributed by atoms with Crippen LogP contribution in [0, 0.1) is 0 Å². The molecule has 11 rings (SSSR count). The topological polar surface area (TPSA) is 62.6 Å². The van der Waals surface area contributed by atoms with Crippen molar-refractivity contribution in [3.63, 3.8) is 0 Å². The number of para-hydroxylation sites is 4. The second-order valence-corrected chi connectivity index (χ2v) is 13.0. The molecule has 1 N–H and O–H groups in total. The van der Waals surface area contributed by atoms with Crippen molar-refractivity contribution < 1.29 is 0 Å². The number of H-pyrrole nitrogens is 1. The molecule has 0 amide bonds. The van der Waals surface area contributed by atoms with Crippen LogP contribution in [0.15, 0.2) is 164 Å². The summed E-state index contributed by atoms with van der Waals surface area (Å²) in [6, 6.07) is 57.3. The minimum atomic E-state index is 0.620. The molecule has 1 aliphatic rings. The van der Waals surface area contributed by atoms with Crippen molar-refractivity contribution in [3.8, 4) is 39.9 Å². The highest BCUT2D eigenvalue weighted by Crippen LogP contribution is 2.52. The molecule has 0 atom stereocenters. The monoisotopic (exact) mass is 652 g/mol. The molecule has 0 unspecified atom stereocenters. The molecule has 1 aliphatic heterocycles. The Hall–Kier alpha value is -7.05. The zero-order chi connectivity index (χ0) is 33.5. The molecule has 0 aliphatic carbocycles. The van der Waals surface area contributed by atoms with Crippen LogP contribution >= 0.6 is 0 Å².